The van der Waals surface area contributed by atoms with E-state index in [1.807, 2.05) is 6.07 Å². The van der Waals surface area contributed by atoms with Gasteiger partial charge in [-0.1, -0.05) is 17.7 Å². The predicted molar refractivity (Wildman–Crippen MR) is 71.3 cm³/mol. The van der Waals surface area contributed by atoms with E-state index in [1.54, 1.807) is 18.2 Å². The number of anilines is 1. The summed E-state index contributed by atoms with van der Waals surface area (Å²) < 4.78 is 18.9. The van der Waals surface area contributed by atoms with E-state index in [-0.39, 0.29) is 17.9 Å². The van der Waals surface area contributed by atoms with Crippen molar-refractivity contribution in [3.8, 4) is 11.8 Å². The van der Waals surface area contributed by atoms with Crippen LogP contribution in [0.4, 0.5) is 10.1 Å². The monoisotopic (exact) mass is 276 g/mol. The van der Waals surface area contributed by atoms with E-state index in [1.165, 1.54) is 12.1 Å². The Morgan fingerprint density at radius 2 is 2.11 bits per heavy atom. The number of nitrogens with zero attached hydrogens (tertiary/aromatic N) is 1. The summed E-state index contributed by atoms with van der Waals surface area (Å²) in [5.41, 5.74) is 7.10. The molecule has 2 N–H and O–H groups in total. The van der Waals surface area contributed by atoms with E-state index < -0.39 is 5.82 Å². The number of halogens is 2. The van der Waals surface area contributed by atoms with Crippen LogP contribution in [0, 0.1) is 17.1 Å². The minimum Gasteiger partial charge on any atom is -0.486 e. The van der Waals surface area contributed by atoms with Gasteiger partial charge >= 0.3 is 0 Å². The van der Waals surface area contributed by atoms with Crippen molar-refractivity contribution < 1.29 is 9.13 Å². The molecule has 0 unspecified atom stereocenters. The highest BCUT2D eigenvalue weighted by Gasteiger charge is 2.08. The Balaban J connectivity index is 2.17. The second-order valence-corrected chi connectivity index (χ2v) is 4.26. The summed E-state index contributed by atoms with van der Waals surface area (Å²) in [5.74, 6) is -0.539. The summed E-state index contributed by atoms with van der Waals surface area (Å²) in [7, 11) is 0. The number of rotatable bonds is 3. The first-order valence-corrected chi connectivity index (χ1v) is 5.85. The number of nitrogen functional groups attached to an aromatic ring is 1. The Morgan fingerprint density at radius 3 is 2.74 bits per heavy atom. The number of hydrogen-bond acceptors (Lipinski definition) is 3. The van der Waals surface area contributed by atoms with Gasteiger partial charge in [-0.3, -0.25) is 0 Å². The fourth-order valence-electron chi connectivity index (χ4n) is 1.56. The molecule has 0 fully saturated rings. The Bertz CT molecular complexity index is 632. The largest absolute Gasteiger partial charge is 0.486 e. The molecule has 0 aromatic heterocycles. The van der Waals surface area contributed by atoms with E-state index in [0.29, 0.717) is 16.3 Å². The average molecular weight is 277 g/mol. The molecule has 19 heavy (non-hydrogen) atoms. The smallest absolute Gasteiger partial charge is 0.166 e. The molecule has 0 saturated carbocycles. The van der Waals surface area contributed by atoms with Gasteiger partial charge in [-0.05, 0) is 30.3 Å². The third kappa shape index (κ3) is 2.95. The van der Waals surface area contributed by atoms with Crippen molar-refractivity contribution >= 4 is 17.3 Å². The molecule has 0 aliphatic rings. The molecular weight excluding hydrogens is 267 g/mol. The lowest BCUT2D eigenvalue weighted by Crippen LogP contribution is -2.02. The maximum absolute atomic E-state index is 13.6. The van der Waals surface area contributed by atoms with Crippen LogP contribution < -0.4 is 10.5 Å². The van der Waals surface area contributed by atoms with Crippen LogP contribution in [0.15, 0.2) is 36.4 Å². The molecule has 5 heteroatoms. The molecule has 2 rings (SSSR count). The molecule has 0 aliphatic carbocycles. The molecule has 0 saturated heterocycles. The van der Waals surface area contributed by atoms with Gasteiger partial charge in [0, 0.05) is 16.3 Å². The first-order chi connectivity index (χ1) is 9.11. The van der Waals surface area contributed by atoms with Crippen LogP contribution in [0.1, 0.15) is 11.1 Å². The molecule has 0 spiro atoms. The first-order valence-electron chi connectivity index (χ1n) is 5.47. The standard InChI is InChI=1S/C14H10ClFN2O/c15-11-2-1-3-13(18)10(11)8-19-14-5-4-9(7-17)6-12(14)16/h1-6H,8,18H2. The number of ether oxygens (including phenoxy) is 1. The number of nitrogens with two attached hydrogens (primary N) is 1. The lowest BCUT2D eigenvalue weighted by molar-refractivity contribution is 0.291. The molecule has 0 heterocycles. The van der Waals surface area contributed by atoms with Crippen LogP contribution in [-0.4, -0.2) is 0 Å². The lowest BCUT2D eigenvalue weighted by Gasteiger charge is -2.10. The Hall–Kier alpha value is -2.25. The van der Waals surface area contributed by atoms with Crippen LogP contribution in [0.5, 0.6) is 5.75 Å². The first kappa shape index (κ1) is 13.2. The van der Waals surface area contributed by atoms with E-state index in [4.69, 9.17) is 27.3 Å². The maximum Gasteiger partial charge on any atom is 0.166 e. The summed E-state index contributed by atoms with van der Waals surface area (Å²) in [6.07, 6.45) is 0. The normalized spacial score (nSPS) is 9.95. The van der Waals surface area contributed by atoms with Crippen LogP contribution in [0.3, 0.4) is 0 Å². The molecule has 2 aromatic rings. The average Bonchev–Trinajstić information content (AvgIpc) is 2.39. The van der Waals surface area contributed by atoms with Crippen molar-refractivity contribution in [2.24, 2.45) is 0 Å². The summed E-state index contributed by atoms with van der Waals surface area (Å²) >= 11 is 5.99. The zero-order valence-corrected chi connectivity index (χ0v) is 10.6. The maximum atomic E-state index is 13.6. The zero-order valence-electron chi connectivity index (χ0n) is 9.86. The molecule has 0 aliphatic heterocycles. The van der Waals surface area contributed by atoms with Crippen molar-refractivity contribution in [1.29, 1.82) is 5.26 Å². The van der Waals surface area contributed by atoms with Crippen LogP contribution >= 0.6 is 11.6 Å². The molecule has 0 atom stereocenters. The van der Waals surface area contributed by atoms with Crippen molar-refractivity contribution in [2.45, 2.75) is 6.61 Å². The van der Waals surface area contributed by atoms with Crippen LogP contribution in [0.2, 0.25) is 5.02 Å². The number of benzene rings is 2. The quantitative estimate of drug-likeness (QED) is 0.873. The van der Waals surface area contributed by atoms with Gasteiger partial charge in [-0.15, -0.1) is 0 Å². The van der Waals surface area contributed by atoms with Gasteiger partial charge in [0.1, 0.15) is 6.61 Å². The van der Waals surface area contributed by atoms with Gasteiger partial charge in [0.2, 0.25) is 0 Å². The van der Waals surface area contributed by atoms with E-state index in [2.05, 4.69) is 0 Å². The minimum absolute atomic E-state index is 0.0540. The van der Waals surface area contributed by atoms with Gasteiger partial charge in [0.15, 0.2) is 11.6 Å². The van der Waals surface area contributed by atoms with Gasteiger partial charge in [-0.2, -0.15) is 5.26 Å². The van der Waals surface area contributed by atoms with Gasteiger partial charge in [-0.25, -0.2) is 4.39 Å². The topological polar surface area (TPSA) is 59.0 Å². The van der Waals surface area contributed by atoms with Gasteiger partial charge in [0.05, 0.1) is 11.6 Å². The third-order valence-electron chi connectivity index (χ3n) is 2.59. The lowest BCUT2D eigenvalue weighted by atomic mass is 10.2. The third-order valence-corrected chi connectivity index (χ3v) is 2.94. The molecule has 3 nitrogen and oxygen atoms in total. The number of nitriles is 1. The highest BCUT2D eigenvalue weighted by Crippen LogP contribution is 2.25. The summed E-state index contributed by atoms with van der Waals surface area (Å²) in [6.45, 7) is 0.0638. The van der Waals surface area contributed by atoms with Crippen molar-refractivity contribution in [3.05, 3.63) is 58.4 Å². The fourth-order valence-corrected chi connectivity index (χ4v) is 1.80. The van der Waals surface area contributed by atoms with Crippen molar-refractivity contribution in [3.63, 3.8) is 0 Å². The zero-order chi connectivity index (χ0) is 13.8. The predicted octanol–water partition coefficient (Wildman–Crippen LogP) is 3.51. The summed E-state index contributed by atoms with van der Waals surface area (Å²) in [6, 6.07) is 11.0. The van der Waals surface area contributed by atoms with E-state index >= 15 is 0 Å². The molecule has 0 bridgehead atoms. The molecule has 0 amide bonds. The highest BCUT2D eigenvalue weighted by molar-refractivity contribution is 6.31. The van der Waals surface area contributed by atoms with Crippen LogP contribution in [-0.2, 0) is 6.61 Å². The minimum atomic E-state index is -0.593. The van der Waals surface area contributed by atoms with Crippen molar-refractivity contribution in [2.75, 3.05) is 5.73 Å². The van der Waals surface area contributed by atoms with E-state index in [0.717, 1.165) is 6.07 Å². The fraction of sp³-hybridized carbons (Fsp3) is 0.0714. The SMILES string of the molecule is N#Cc1ccc(OCc2c(N)cccc2Cl)c(F)c1. The van der Waals surface area contributed by atoms with Crippen LogP contribution in [0.25, 0.3) is 0 Å². The summed E-state index contributed by atoms with van der Waals surface area (Å²) in [5, 5.41) is 9.11. The van der Waals surface area contributed by atoms with Gasteiger partial charge < -0.3 is 10.5 Å². The Morgan fingerprint density at radius 1 is 1.32 bits per heavy atom. The Kier molecular flexibility index (Phi) is 3.88. The second-order valence-electron chi connectivity index (χ2n) is 3.85. The summed E-state index contributed by atoms with van der Waals surface area (Å²) in [4.78, 5) is 0. The second kappa shape index (κ2) is 5.59. The molecule has 96 valence electrons. The number of hydrogen-bond donors (Lipinski definition) is 1. The van der Waals surface area contributed by atoms with E-state index in [9.17, 15) is 4.39 Å². The Labute approximate surface area is 115 Å². The van der Waals surface area contributed by atoms with Crippen molar-refractivity contribution in [1.82, 2.24) is 0 Å². The molecule has 2 aromatic carbocycles. The molecule has 0 radical (unpaired) electrons. The highest BCUT2D eigenvalue weighted by atomic mass is 35.5. The van der Waals surface area contributed by atoms with Gasteiger partial charge in [0.25, 0.3) is 0 Å². The molecular formula is C14H10ClFN2O.